The van der Waals surface area contributed by atoms with Crippen LogP contribution in [0.25, 0.3) is 11.1 Å². The molecule has 0 atom stereocenters. The van der Waals surface area contributed by atoms with Crippen LogP contribution in [-0.2, 0) is 10.5 Å². The Morgan fingerprint density at radius 2 is 1.73 bits per heavy atom. The lowest BCUT2D eigenvalue weighted by Crippen LogP contribution is -2.45. The van der Waals surface area contributed by atoms with Crippen LogP contribution in [0.15, 0.2) is 48.6 Å². The number of fused-ring (bicyclic) bond motifs is 3. The number of esters is 1. The molecule has 4 heteroatoms. The van der Waals surface area contributed by atoms with Crippen molar-refractivity contribution in [3.63, 3.8) is 0 Å². The van der Waals surface area contributed by atoms with E-state index in [9.17, 15) is 4.79 Å². The zero-order chi connectivity index (χ0) is 15.9. The van der Waals surface area contributed by atoms with Crippen molar-refractivity contribution in [1.29, 1.82) is 0 Å². The van der Waals surface area contributed by atoms with Gasteiger partial charge in [0.25, 0.3) is 0 Å². The predicted octanol–water partition coefficient (Wildman–Crippen LogP) is 2.58. The molecule has 22 heavy (non-hydrogen) atoms. The number of allylic oxidation sites excluding steroid dienone is 1. The van der Waals surface area contributed by atoms with E-state index in [1.807, 2.05) is 31.2 Å². The molecule has 0 spiro atoms. The molecule has 0 saturated carbocycles. The number of hydrogen-bond donors (Lipinski definition) is 2. The minimum atomic E-state index is -1.08. The molecule has 0 radical (unpaired) electrons. The molecule has 0 bridgehead atoms. The Morgan fingerprint density at radius 3 is 2.41 bits per heavy atom. The molecule has 112 valence electrons. The number of benzene rings is 2. The smallest absolute Gasteiger partial charge is 0.335 e. The van der Waals surface area contributed by atoms with Crippen LogP contribution < -0.4 is 16.2 Å². The number of aryl methyl sites for hydroxylation is 1. The first-order chi connectivity index (χ1) is 10.4. The molecular weight excluding hydrogens is 276 g/mol. The highest BCUT2D eigenvalue weighted by molar-refractivity contribution is 5.85. The summed E-state index contributed by atoms with van der Waals surface area (Å²) in [7, 11) is 0. The van der Waals surface area contributed by atoms with E-state index in [-0.39, 0.29) is 0 Å². The number of ether oxygens (including phenoxy) is 1. The summed E-state index contributed by atoms with van der Waals surface area (Å²) in [5.41, 5.74) is 16.4. The van der Waals surface area contributed by atoms with Crippen molar-refractivity contribution in [2.75, 3.05) is 0 Å². The van der Waals surface area contributed by atoms with Gasteiger partial charge in [0.15, 0.2) is 0 Å². The monoisotopic (exact) mass is 294 g/mol. The summed E-state index contributed by atoms with van der Waals surface area (Å²) >= 11 is 0. The van der Waals surface area contributed by atoms with Crippen molar-refractivity contribution in [2.24, 2.45) is 11.5 Å². The van der Waals surface area contributed by atoms with Gasteiger partial charge >= 0.3 is 5.97 Å². The highest BCUT2D eigenvalue weighted by Gasteiger charge is 2.37. The van der Waals surface area contributed by atoms with E-state index < -0.39 is 11.6 Å². The molecule has 2 aromatic rings. The normalized spacial score (nSPS) is 14.7. The third-order valence-electron chi connectivity index (χ3n) is 3.87. The number of hydrogen-bond acceptors (Lipinski definition) is 4. The molecule has 0 amide bonds. The largest absolute Gasteiger partial charge is 0.423 e. The first kappa shape index (κ1) is 14.5. The van der Waals surface area contributed by atoms with E-state index in [4.69, 9.17) is 16.2 Å². The van der Waals surface area contributed by atoms with Gasteiger partial charge in [-0.05, 0) is 42.7 Å². The maximum absolute atomic E-state index is 11.6. The number of rotatable bonds is 2. The SMILES string of the molecule is CC=CC(=O)Oc1ccc2c(c1)C(N)(N)c1cc(C)ccc1-2. The second-order valence-corrected chi connectivity index (χ2v) is 5.55. The summed E-state index contributed by atoms with van der Waals surface area (Å²) in [6, 6.07) is 11.4. The third kappa shape index (κ3) is 2.22. The van der Waals surface area contributed by atoms with Crippen LogP contribution in [0.5, 0.6) is 5.75 Å². The average molecular weight is 294 g/mol. The van der Waals surface area contributed by atoms with Crippen LogP contribution >= 0.6 is 0 Å². The van der Waals surface area contributed by atoms with Crippen LogP contribution in [0.1, 0.15) is 23.6 Å². The summed E-state index contributed by atoms with van der Waals surface area (Å²) in [5.74, 6) is 0.0140. The Bertz CT molecular complexity index is 792. The molecular formula is C18H18N2O2. The van der Waals surface area contributed by atoms with Gasteiger partial charge in [0.05, 0.1) is 0 Å². The third-order valence-corrected chi connectivity index (χ3v) is 3.87. The lowest BCUT2D eigenvalue weighted by atomic mass is 9.98. The number of nitrogens with two attached hydrogens (primary N) is 2. The fraction of sp³-hybridized carbons (Fsp3) is 0.167. The molecule has 4 nitrogen and oxygen atoms in total. The first-order valence-electron chi connectivity index (χ1n) is 7.12. The van der Waals surface area contributed by atoms with E-state index in [1.165, 1.54) is 6.08 Å². The lowest BCUT2D eigenvalue weighted by Gasteiger charge is -2.22. The van der Waals surface area contributed by atoms with E-state index >= 15 is 0 Å². The van der Waals surface area contributed by atoms with E-state index in [0.29, 0.717) is 5.75 Å². The maximum Gasteiger partial charge on any atom is 0.335 e. The van der Waals surface area contributed by atoms with Crippen LogP contribution in [0, 0.1) is 6.92 Å². The zero-order valence-corrected chi connectivity index (χ0v) is 12.6. The van der Waals surface area contributed by atoms with Gasteiger partial charge < -0.3 is 16.2 Å². The van der Waals surface area contributed by atoms with Crippen molar-refractivity contribution in [1.82, 2.24) is 0 Å². The van der Waals surface area contributed by atoms with Crippen molar-refractivity contribution in [2.45, 2.75) is 19.5 Å². The Morgan fingerprint density at radius 1 is 1.09 bits per heavy atom. The average Bonchev–Trinajstić information content (AvgIpc) is 2.68. The molecule has 0 aliphatic heterocycles. The van der Waals surface area contributed by atoms with Crippen LogP contribution in [0.2, 0.25) is 0 Å². The molecule has 0 fully saturated rings. The van der Waals surface area contributed by atoms with E-state index in [2.05, 4.69) is 0 Å². The van der Waals surface area contributed by atoms with E-state index in [1.54, 1.807) is 25.1 Å². The molecule has 0 heterocycles. The second kappa shape index (κ2) is 5.09. The van der Waals surface area contributed by atoms with Gasteiger partial charge in [0, 0.05) is 11.6 Å². The van der Waals surface area contributed by atoms with Crippen molar-refractivity contribution in [3.8, 4) is 16.9 Å². The molecule has 1 aliphatic rings. The fourth-order valence-corrected chi connectivity index (χ4v) is 2.83. The highest BCUT2D eigenvalue weighted by atomic mass is 16.5. The topological polar surface area (TPSA) is 78.3 Å². The van der Waals surface area contributed by atoms with Crippen LogP contribution in [0.4, 0.5) is 0 Å². The van der Waals surface area contributed by atoms with Crippen molar-refractivity contribution in [3.05, 3.63) is 65.2 Å². The summed E-state index contributed by atoms with van der Waals surface area (Å²) in [6.07, 6.45) is 2.99. The Labute approximate surface area is 129 Å². The summed E-state index contributed by atoms with van der Waals surface area (Å²) < 4.78 is 5.26. The maximum atomic E-state index is 11.6. The molecule has 4 N–H and O–H groups in total. The van der Waals surface area contributed by atoms with Crippen molar-refractivity contribution >= 4 is 5.97 Å². The molecule has 1 aliphatic carbocycles. The van der Waals surface area contributed by atoms with Gasteiger partial charge in [0.2, 0.25) is 0 Å². The summed E-state index contributed by atoms with van der Waals surface area (Å²) in [4.78, 5) is 11.6. The van der Waals surface area contributed by atoms with Crippen molar-refractivity contribution < 1.29 is 9.53 Å². The highest BCUT2D eigenvalue weighted by Crippen LogP contribution is 2.44. The van der Waals surface area contributed by atoms with Gasteiger partial charge in [-0.25, -0.2) is 4.79 Å². The Balaban J connectivity index is 2.07. The summed E-state index contributed by atoms with van der Waals surface area (Å²) in [5, 5.41) is 0. The van der Waals surface area contributed by atoms with Gasteiger partial charge in [-0.15, -0.1) is 0 Å². The lowest BCUT2D eigenvalue weighted by molar-refractivity contribution is -0.129. The van der Waals surface area contributed by atoms with Gasteiger partial charge in [0.1, 0.15) is 11.4 Å². The predicted molar refractivity (Wildman–Crippen MR) is 86.2 cm³/mol. The van der Waals surface area contributed by atoms with Gasteiger partial charge in [-0.1, -0.05) is 35.9 Å². The zero-order valence-electron chi connectivity index (χ0n) is 12.6. The van der Waals surface area contributed by atoms with Gasteiger partial charge in [-0.3, -0.25) is 0 Å². The quantitative estimate of drug-likeness (QED) is 0.386. The first-order valence-corrected chi connectivity index (χ1v) is 7.12. The minimum Gasteiger partial charge on any atom is -0.423 e. The number of carbonyl (C=O) groups is 1. The Hall–Kier alpha value is -2.43. The Kier molecular flexibility index (Phi) is 3.35. The minimum absolute atomic E-state index is 0.423. The number of carbonyl (C=O) groups excluding carboxylic acids is 1. The molecule has 0 aromatic heterocycles. The van der Waals surface area contributed by atoms with Crippen LogP contribution in [0.3, 0.4) is 0 Å². The van der Waals surface area contributed by atoms with E-state index in [0.717, 1.165) is 27.8 Å². The standard InChI is InChI=1S/C18H18N2O2/c1-3-4-17(21)22-12-6-8-14-13-7-5-11(2)9-15(13)18(19,20)16(14)10-12/h3-10H,19-20H2,1-2H3. The molecule has 2 aromatic carbocycles. The molecule has 0 saturated heterocycles. The van der Waals surface area contributed by atoms with Gasteiger partial charge in [-0.2, -0.15) is 0 Å². The second-order valence-electron chi connectivity index (χ2n) is 5.55. The molecule has 3 rings (SSSR count). The fourth-order valence-electron chi connectivity index (χ4n) is 2.83. The van der Waals surface area contributed by atoms with Crippen LogP contribution in [-0.4, -0.2) is 5.97 Å². The molecule has 0 unspecified atom stereocenters. The summed E-state index contributed by atoms with van der Waals surface area (Å²) in [6.45, 7) is 3.76.